The van der Waals surface area contributed by atoms with Crippen molar-refractivity contribution in [1.82, 2.24) is 14.8 Å². The van der Waals surface area contributed by atoms with E-state index >= 15 is 0 Å². The standard InChI is InChI=1S/C25H34N4O3S.C21H33N3O2/c1-25(2,3)32-24(31)29-14-10-19(11-15-29)18-8-12-28(13-9-18)21-6-4-20(5-7-21)27-23(30)22-16-33-17-26-22;1-21(2,3)26-20(25)24-14-10-17(11-15-24)16-8-12-23(13-9-16)19-6-4-18(22)5-7-19/h4-7,16-19H,8-15H2,1-3H3,(H,27,30);4-7,16-17H,8-15,22H2,1-3H3. The molecule has 3 amide bonds. The van der Waals surface area contributed by atoms with Gasteiger partial charge in [0.25, 0.3) is 5.91 Å². The molecule has 0 atom stereocenters. The van der Waals surface area contributed by atoms with Gasteiger partial charge in [0, 0.05) is 80.5 Å². The van der Waals surface area contributed by atoms with Gasteiger partial charge in [0.05, 0.1) is 5.51 Å². The molecule has 4 aliphatic heterocycles. The maximum atomic E-state index is 12.3. The number of piperidine rings is 4. The summed E-state index contributed by atoms with van der Waals surface area (Å²) >= 11 is 1.41. The fourth-order valence-electron chi connectivity index (χ4n) is 8.98. The largest absolute Gasteiger partial charge is 0.444 e. The molecule has 0 bridgehead atoms. The van der Waals surface area contributed by atoms with E-state index in [1.165, 1.54) is 48.4 Å². The number of thiazole rings is 1. The number of anilines is 4. The highest BCUT2D eigenvalue weighted by Gasteiger charge is 2.34. The molecule has 0 spiro atoms. The van der Waals surface area contributed by atoms with Gasteiger partial charge < -0.3 is 40.1 Å². The molecule has 59 heavy (non-hydrogen) atoms. The van der Waals surface area contributed by atoms with E-state index in [-0.39, 0.29) is 18.1 Å². The summed E-state index contributed by atoms with van der Waals surface area (Å²) in [5.74, 6) is 2.75. The van der Waals surface area contributed by atoms with E-state index in [9.17, 15) is 14.4 Å². The highest BCUT2D eigenvalue weighted by atomic mass is 32.1. The predicted octanol–water partition coefficient (Wildman–Crippen LogP) is 9.39. The van der Waals surface area contributed by atoms with Crippen LogP contribution in [0.2, 0.25) is 0 Å². The van der Waals surface area contributed by atoms with E-state index in [4.69, 9.17) is 15.2 Å². The molecule has 3 N–H and O–H groups in total. The summed E-state index contributed by atoms with van der Waals surface area (Å²) in [6.07, 6.45) is 8.84. The summed E-state index contributed by atoms with van der Waals surface area (Å²) in [4.78, 5) is 49.4. The van der Waals surface area contributed by atoms with Gasteiger partial charge in [-0.3, -0.25) is 4.79 Å². The molecule has 4 aliphatic rings. The van der Waals surface area contributed by atoms with Crippen molar-refractivity contribution in [3.63, 3.8) is 0 Å². The van der Waals surface area contributed by atoms with E-state index in [0.717, 1.165) is 107 Å². The van der Waals surface area contributed by atoms with Crippen molar-refractivity contribution < 1.29 is 23.9 Å². The fraction of sp³-hybridized carbons (Fsp3) is 0.609. The van der Waals surface area contributed by atoms with Gasteiger partial charge in [-0.05, 0) is 165 Å². The summed E-state index contributed by atoms with van der Waals surface area (Å²) in [7, 11) is 0. The quantitative estimate of drug-likeness (QED) is 0.233. The lowest BCUT2D eigenvalue weighted by Crippen LogP contribution is -2.44. The normalized spacial score (nSPS) is 19.2. The number of benzene rings is 2. The average molecular weight is 830 g/mol. The van der Waals surface area contributed by atoms with Gasteiger partial charge in [-0.2, -0.15) is 0 Å². The van der Waals surface area contributed by atoms with Crippen LogP contribution < -0.4 is 20.9 Å². The number of nitrogen functional groups attached to an aromatic ring is 1. The summed E-state index contributed by atoms with van der Waals surface area (Å²) in [6, 6.07) is 16.3. The highest BCUT2D eigenvalue weighted by Crippen LogP contribution is 2.36. The zero-order valence-electron chi connectivity index (χ0n) is 36.2. The second-order valence-electron chi connectivity index (χ2n) is 18.7. The Morgan fingerprint density at radius 3 is 1.34 bits per heavy atom. The van der Waals surface area contributed by atoms with Crippen molar-refractivity contribution in [2.24, 2.45) is 23.7 Å². The average Bonchev–Trinajstić information content (AvgIpc) is 3.77. The Kier molecular flexibility index (Phi) is 14.7. The third-order valence-electron chi connectivity index (χ3n) is 12.2. The van der Waals surface area contributed by atoms with Crippen molar-refractivity contribution >= 4 is 52.2 Å². The number of aromatic nitrogens is 1. The minimum Gasteiger partial charge on any atom is -0.444 e. The lowest BCUT2D eigenvalue weighted by Gasteiger charge is -2.41. The molecule has 3 aromatic rings. The minimum absolute atomic E-state index is 0.158. The number of nitrogens with one attached hydrogen (secondary N) is 1. The van der Waals surface area contributed by atoms with Crippen molar-refractivity contribution in [3.8, 4) is 0 Å². The van der Waals surface area contributed by atoms with Crippen LogP contribution in [0.3, 0.4) is 0 Å². The molecule has 4 fully saturated rings. The molecular formula is C46H67N7O5S. The van der Waals surface area contributed by atoms with Crippen molar-refractivity contribution in [2.45, 2.75) is 104 Å². The van der Waals surface area contributed by atoms with E-state index in [1.807, 2.05) is 75.6 Å². The Morgan fingerprint density at radius 1 is 0.610 bits per heavy atom. The summed E-state index contributed by atoms with van der Waals surface area (Å²) in [5, 5.41) is 4.64. The topological polar surface area (TPSA) is 134 Å². The van der Waals surface area contributed by atoms with Gasteiger partial charge in [-0.15, -0.1) is 11.3 Å². The zero-order valence-corrected chi connectivity index (χ0v) is 37.0. The van der Waals surface area contributed by atoms with Crippen LogP contribution >= 0.6 is 11.3 Å². The first-order chi connectivity index (χ1) is 28.1. The van der Waals surface area contributed by atoms with E-state index in [2.05, 4.69) is 44.4 Å². The number of rotatable bonds is 6. The van der Waals surface area contributed by atoms with Gasteiger partial charge in [-0.25, -0.2) is 14.6 Å². The van der Waals surface area contributed by atoms with E-state index in [1.54, 1.807) is 10.9 Å². The van der Waals surface area contributed by atoms with Crippen LogP contribution in [0.15, 0.2) is 59.4 Å². The number of ether oxygens (including phenoxy) is 2. The molecular weight excluding hydrogens is 763 g/mol. The molecule has 0 unspecified atom stereocenters. The van der Waals surface area contributed by atoms with E-state index < -0.39 is 11.2 Å². The molecule has 0 aliphatic carbocycles. The van der Waals surface area contributed by atoms with E-state index in [0.29, 0.717) is 11.6 Å². The Labute approximate surface area is 355 Å². The van der Waals surface area contributed by atoms with Crippen LogP contribution in [0.1, 0.15) is 103 Å². The van der Waals surface area contributed by atoms with Gasteiger partial charge in [0.2, 0.25) is 0 Å². The zero-order chi connectivity index (χ0) is 42.2. The van der Waals surface area contributed by atoms with Crippen LogP contribution in [-0.2, 0) is 9.47 Å². The van der Waals surface area contributed by atoms with Crippen LogP contribution in [0.25, 0.3) is 0 Å². The van der Waals surface area contributed by atoms with Gasteiger partial charge in [-0.1, -0.05) is 0 Å². The number of carbonyl (C=O) groups is 3. The van der Waals surface area contributed by atoms with Gasteiger partial charge in [0.1, 0.15) is 16.9 Å². The lowest BCUT2D eigenvalue weighted by atomic mass is 9.79. The van der Waals surface area contributed by atoms with Crippen LogP contribution in [0.4, 0.5) is 32.3 Å². The number of carbonyl (C=O) groups excluding carboxylic acids is 3. The number of hydrogen-bond acceptors (Lipinski definition) is 10. The highest BCUT2D eigenvalue weighted by molar-refractivity contribution is 7.07. The van der Waals surface area contributed by atoms with Crippen LogP contribution in [0.5, 0.6) is 0 Å². The molecule has 5 heterocycles. The molecule has 322 valence electrons. The maximum Gasteiger partial charge on any atom is 0.410 e. The summed E-state index contributed by atoms with van der Waals surface area (Å²) in [6.45, 7) is 19.1. The SMILES string of the molecule is CC(C)(C)OC(=O)N1CCC(C2CCN(c3ccc(N)cc3)CC2)CC1.CC(C)(C)OC(=O)N1CCC(C2CCN(c3ccc(NC(=O)c4cscn4)cc3)CC2)CC1. The first-order valence-electron chi connectivity index (χ1n) is 21.7. The van der Waals surface area contributed by atoms with Crippen LogP contribution in [0, 0.1) is 23.7 Å². The Bertz CT molecular complexity index is 1780. The maximum absolute atomic E-state index is 12.3. The number of likely N-dealkylation sites (tertiary alicyclic amines) is 2. The van der Waals surface area contributed by atoms with Crippen molar-refractivity contribution in [3.05, 3.63) is 65.1 Å². The first kappa shape index (κ1) is 44.0. The predicted molar refractivity (Wildman–Crippen MR) is 238 cm³/mol. The summed E-state index contributed by atoms with van der Waals surface area (Å²) < 4.78 is 11.0. The third kappa shape index (κ3) is 13.0. The number of nitrogens with two attached hydrogens (primary N) is 1. The van der Waals surface area contributed by atoms with Crippen molar-refractivity contribution in [2.75, 3.05) is 73.2 Å². The molecule has 13 heteroatoms. The molecule has 4 saturated heterocycles. The minimum atomic E-state index is -0.439. The Balaban J connectivity index is 0.000000204. The smallest absolute Gasteiger partial charge is 0.410 e. The molecule has 12 nitrogen and oxygen atoms in total. The monoisotopic (exact) mass is 829 g/mol. The van der Waals surface area contributed by atoms with Crippen LogP contribution in [-0.4, -0.2) is 96.4 Å². The first-order valence-corrected chi connectivity index (χ1v) is 22.7. The fourth-order valence-corrected chi connectivity index (χ4v) is 9.51. The second kappa shape index (κ2) is 19.7. The second-order valence-corrected chi connectivity index (χ2v) is 19.4. The number of hydrogen-bond donors (Lipinski definition) is 2. The Hall–Kier alpha value is -4.52. The summed E-state index contributed by atoms with van der Waals surface area (Å²) in [5.41, 5.74) is 11.1. The lowest BCUT2D eigenvalue weighted by molar-refractivity contribution is 0.0142. The van der Waals surface area contributed by atoms with Gasteiger partial charge >= 0.3 is 12.2 Å². The van der Waals surface area contributed by atoms with Crippen molar-refractivity contribution in [1.29, 1.82) is 0 Å². The number of nitrogens with zero attached hydrogens (tertiary/aromatic N) is 5. The molecule has 2 aromatic carbocycles. The number of amides is 3. The molecule has 1 aromatic heterocycles. The Morgan fingerprint density at radius 2 is 0.983 bits per heavy atom. The third-order valence-corrected chi connectivity index (χ3v) is 12.8. The molecule has 0 radical (unpaired) electrons. The van der Waals surface area contributed by atoms with Gasteiger partial charge in [0.15, 0.2) is 0 Å². The molecule has 0 saturated carbocycles. The molecule has 7 rings (SSSR count).